The van der Waals surface area contributed by atoms with Gasteiger partial charge >= 0.3 is 4.87 Å². The van der Waals surface area contributed by atoms with Gasteiger partial charge in [-0.2, -0.15) is 5.10 Å². The average Bonchev–Trinajstić information content (AvgIpc) is 2.29. The molecule has 0 aliphatic rings. The summed E-state index contributed by atoms with van der Waals surface area (Å²) in [5, 5.41) is 3.95. The number of nitrogens with one attached hydrogen (secondary N) is 2. The van der Waals surface area contributed by atoms with E-state index in [0.29, 0.717) is 4.88 Å². The molecule has 0 aliphatic carbocycles. The number of nitrogens with two attached hydrogens (primary N) is 1. The second-order valence-corrected chi connectivity index (χ2v) is 3.76. The van der Waals surface area contributed by atoms with Gasteiger partial charge in [-0.1, -0.05) is 22.9 Å². The third-order valence-electron chi connectivity index (χ3n) is 0.987. The highest BCUT2D eigenvalue weighted by Gasteiger charge is 2.01. The van der Waals surface area contributed by atoms with E-state index in [4.69, 9.17) is 17.3 Å². The van der Waals surface area contributed by atoms with Crippen molar-refractivity contribution in [3.63, 3.8) is 0 Å². The van der Waals surface area contributed by atoms with Gasteiger partial charge in [0.1, 0.15) is 5.15 Å². The van der Waals surface area contributed by atoms with Gasteiger partial charge < -0.3 is 10.7 Å². The van der Waals surface area contributed by atoms with Crippen LogP contribution in [0.3, 0.4) is 0 Å². The molecule has 1 aromatic heterocycles. The lowest BCUT2D eigenvalue weighted by Gasteiger charge is -1.91. The molecule has 0 amide bonds. The van der Waals surface area contributed by atoms with Gasteiger partial charge in [0.15, 0.2) is 5.11 Å². The smallest absolute Gasteiger partial charge is 0.306 e. The van der Waals surface area contributed by atoms with Crippen molar-refractivity contribution in [1.82, 2.24) is 10.4 Å². The topological polar surface area (TPSA) is 83.3 Å². The van der Waals surface area contributed by atoms with Gasteiger partial charge in [-0.25, -0.2) is 0 Å². The minimum atomic E-state index is -0.234. The van der Waals surface area contributed by atoms with Gasteiger partial charge in [0.05, 0.1) is 11.1 Å². The summed E-state index contributed by atoms with van der Waals surface area (Å²) in [6.45, 7) is 0. The molecule has 1 aromatic rings. The number of aromatic amines is 1. The Hall–Kier alpha value is -0.920. The molecule has 4 N–H and O–H groups in total. The van der Waals surface area contributed by atoms with Crippen LogP contribution in [-0.2, 0) is 0 Å². The monoisotopic (exact) mass is 236 g/mol. The van der Waals surface area contributed by atoms with Gasteiger partial charge in [-0.15, -0.1) is 0 Å². The second kappa shape index (κ2) is 4.35. The van der Waals surface area contributed by atoms with E-state index < -0.39 is 0 Å². The zero-order valence-electron chi connectivity index (χ0n) is 6.20. The van der Waals surface area contributed by atoms with E-state index in [0.717, 1.165) is 11.3 Å². The Labute approximate surface area is 87.6 Å². The van der Waals surface area contributed by atoms with Crippen molar-refractivity contribution in [3.8, 4) is 0 Å². The fraction of sp³-hybridized carbons (Fsp3) is 0. The Balaban J connectivity index is 2.74. The van der Waals surface area contributed by atoms with Gasteiger partial charge in [0.25, 0.3) is 0 Å². The summed E-state index contributed by atoms with van der Waals surface area (Å²) in [6, 6.07) is 0. The van der Waals surface area contributed by atoms with Crippen LogP contribution in [0.25, 0.3) is 0 Å². The zero-order valence-corrected chi connectivity index (χ0v) is 8.59. The van der Waals surface area contributed by atoms with Crippen molar-refractivity contribution in [2.75, 3.05) is 0 Å². The standard InChI is InChI=1S/C5H5ClN4OS2/c6-3-2(13-5(11)9-3)1-8-10-4(7)12/h1H,(H,9,11)(H3,7,10,12). The van der Waals surface area contributed by atoms with E-state index in [1.165, 1.54) is 6.21 Å². The molecule has 0 aromatic carbocycles. The van der Waals surface area contributed by atoms with E-state index in [9.17, 15) is 4.79 Å². The molecule has 0 saturated carbocycles. The molecule has 0 bridgehead atoms. The van der Waals surface area contributed by atoms with Crippen LogP contribution in [0, 0.1) is 0 Å². The van der Waals surface area contributed by atoms with Crippen LogP contribution in [0.2, 0.25) is 5.15 Å². The first-order valence-electron chi connectivity index (χ1n) is 3.06. The Morgan fingerprint density at radius 3 is 3.00 bits per heavy atom. The maximum Gasteiger partial charge on any atom is 0.306 e. The molecular weight excluding hydrogens is 232 g/mol. The van der Waals surface area contributed by atoms with Crippen molar-refractivity contribution < 1.29 is 0 Å². The summed E-state index contributed by atoms with van der Waals surface area (Å²) in [6.07, 6.45) is 1.37. The molecule has 70 valence electrons. The van der Waals surface area contributed by atoms with Crippen LogP contribution in [0.5, 0.6) is 0 Å². The van der Waals surface area contributed by atoms with Crippen LogP contribution in [-0.4, -0.2) is 16.3 Å². The summed E-state index contributed by atoms with van der Waals surface area (Å²) >= 11 is 11.1. The van der Waals surface area contributed by atoms with Gasteiger partial charge in [0, 0.05) is 0 Å². The van der Waals surface area contributed by atoms with Crippen molar-refractivity contribution >= 4 is 46.5 Å². The summed E-state index contributed by atoms with van der Waals surface area (Å²) in [5.41, 5.74) is 7.45. The highest BCUT2D eigenvalue weighted by atomic mass is 35.5. The summed E-state index contributed by atoms with van der Waals surface area (Å²) in [4.78, 5) is 13.4. The fourth-order valence-electron chi connectivity index (χ4n) is 0.559. The molecule has 0 spiro atoms. The van der Waals surface area contributed by atoms with Gasteiger partial charge in [-0.05, 0) is 12.2 Å². The number of rotatable bonds is 2. The number of hydrogen-bond acceptors (Lipinski definition) is 4. The van der Waals surface area contributed by atoms with Crippen molar-refractivity contribution in [2.24, 2.45) is 10.8 Å². The van der Waals surface area contributed by atoms with Gasteiger partial charge in [-0.3, -0.25) is 10.2 Å². The third-order valence-corrected chi connectivity index (χ3v) is 2.31. The fourth-order valence-corrected chi connectivity index (χ4v) is 1.52. The molecule has 13 heavy (non-hydrogen) atoms. The first-order chi connectivity index (χ1) is 6.09. The number of hydrogen-bond donors (Lipinski definition) is 3. The molecule has 0 unspecified atom stereocenters. The molecule has 0 aliphatic heterocycles. The number of halogens is 1. The van der Waals surface area contributed by atoms with E-state index >= 15 is 0 Å². The molecule has 8 heteroatoms. The molecule has 5 nitrogen and oxygen atoms in total. The number of aromatic nitrogens is 1. The predicted octanol–water partition coefficient (Wildman–Crippen LogP) is 0.257. The summed E-state index contributed by atoms with van der Waals surface area (Å²) in [5.74, 6) is 0. The van der Waals surface area contributed by atoms with E-state index in [-0.39, 0.29) is 15.1 Å². The highest BCUT2D eigenvalue weighted by molar-refractivity contribution is 7.80. The quantitative estimate of drug-likeness (QED) is 0.391. The van der Waals surface area contributed by atoms with Crippen LogP contribution in [0.4, 0.5) is 0 Å². The molecule has 1 heterocycles. The lowest BCUT2D eigenvalue weighted by Crippen LogP contribution is -2.23. The SMILES string of the molecule is NC(=S)NN=Cc1sc(=O)[nH]c1Cl. The summed E-state index contributed by atoms with van der Waals surface area (Å²) < 4.78 is 0. The first kappa shape index (κ1) is 10.2. The number of thiazole rings is 1. The number of nitrogens with zero attached hydrogens (tertiary/aromatic N) is 1. The van der Waals surface area contributed by atoms with Crippen LogP contribution >= 0.6 is 35.2 Å². The molecule has 1 rings (SSSR count). The Morgan fingerprint density at radius 1 is 1.85 bits per heavy atom. The Kier molecular flexibility index (Phi) is 3.40. The number of thiocarbonyl (C=S) groups is 1. The van der Waals surface area contributed by atoms with Crippen molar-refractivity contribution in [2.45, 2.75) is 0 Å². The molecule has 0 fully saturated rings. The highest BCUT2D eigenvalue weighted by Crippen LogP contribution is 2.11. The van der Waals surface area contributed by atoms with Gasteiger partial charge in [0.2, 0.25) is 0 Å². The zero-order chi connectivity index (χ0) is 9.84. The molecule has 0 radical (unpaired) electrons. The average molecular weight is 237 g/mol. The number of H-pyrrole nitrogens is 1. The molecular formula is C5H5ClN4OS2. The van der Waals surface area contributed by atoms with Crippen LogP contribution in [0.1, 0.15) is 4.88 Å². The molecule has 0 saturated heterocycles. The second-order valence-electron chi connectivity index (χ2n) is 1.93. The van der Waals surface area contributed by atoms with Crippen molar-refractivity contribution in [3.05, 3.63) is 19.7 Å². The van der Waals surface area contributed by atoms with Crippen molar-refractivity contribution in [1.29, 1.82) is 0 Å². The van der Waals surface area contributed by atoms with Crippen LogP contribution < -0.4 is 16.0 Å². The minimum absolute atomic E-state index is 0.0512. The lowest BCUT2D eigenvalue weighted by atomic mass is 10.6. The number of hydrazone groups is 1. The van der Waals surface area contributed by atoms with E-state index in [1.54, 1.807) is 0 Å². The molecule has 0 atom stereocenters. The van der Waals surface area contributed by atoms with E-state index in [2.05, 4.69) is 27.7 Å². The third kappa shape index (κ3) is 3.13. The maximum atomic E-state index is 10.8. The normalized spacial score (nSPS) is 10.5. The summed E-state index contributed by atoms with van der Waals surface area (Å²) in [7, 11) is 0. The Morgan fingerprint density at radius 2 is 2.54 bits per heavy atom. The largest absolute Gasteiger partial charge is 0.375 e. The maximum absolute atomic E-state index is 10.8. The van der Waals surface area contributed by atoms with Crippen LogP contribution in [0.15, 0.2) is 9.90 Å². The van der Waals surface area contributed by atoms with E-state index in [1.807, 2.05) is 0 Å². The lowest BCUT2D eigenvalue weighted by molar-refractivity contribution is 1.04. The Bertz CT molecular complexity index is 395. The predicted molar refractivity (Wildman–Crippen MR) is 57.5 cm³/mol. The minimum Gasteiger partial charge on any atom is -0.375 e. The first-order valence-corrected chi connectivity index (χ1v) is 4.67.